The molecule has 0 spiro atoms. The number of methoxy groups -OCH3 is 1. The van der Waals surface area contributed by atoms with Crippen LogP contribution in [-0.4, -0.2) is 19.0 Å². The van der Waals surface area contributed by atoms with E-state index < -0.39 is 5.97 Å². The second-order valence-electron chi connectivity index (χ2n) is 6.44. The fourth-order valence-electron chi connectivity index (χ4n) is 2.89. The number of hydrogen-bond donors (Lipinski definition) is 0. The molecule has 3 aromatic rings. The van der Waals surface area contributed by atoms with Crippen molar-refractivity contribution in [3.8, 4) is 11.5 Å². The van der Waals surface area contributed by atoms with Gasteiger partial charge < -0.3 is 18.6 Å². The Bertz CT molecular complexity index is 1100. The summed E-state index contributed by atoms with van der Waals surface area (Å²) >= 11 is 0. The Morgan fingerprint density at radius 2 is 1.93 bits per heavy atom. The highest BCUT2D eigenvalue weighted by molar-refractivity contribution is 6.11. The van der Waals surface area contributed by atoms with Crippen LogP contribution in [0.4, 0.5) is 0 Å². The van der Waals surface area contributed by atoms with Crippen LogP contribution in [0.2, 0.25) is 0 Å². The predicted octanol–water partition coefficient (Wildman–Crippen LogP) is 4.52. The fourth-order valence-corrected chi connectivity index (χ4v) is 2.89. The molecule has 2 aromatic carbocycles. The number of rotatable bonds is 6. The quantitative estimate of drug-likeness (QED) is 0.458. The lowest BCUT2D eigenvalue weighted by molar-refractivity contribution is -0.130. The lowest BCUT2D eigenvalue weighted by Gasteiger charge is -2.12. The molecule has 0 N–H and O–H groups in total. The van der Waals surface area contributed by atoms with Gasteiger partial charge in [0.1, 0.15) is 6.61 Å². The first-order chi connectivity index (χ1) is 14.1. The van der Waals surface area contributed by atoms with Gasteiger partial charge in [0.2, 0.25) is 0 Å². The molecule has 29 heavy (non-hydrogen) atoms. The average molecular weight is 389 g/mol. The molecule has 0 unspecified atom stereocenters. The van der Waals surface area contributed by atoms with Gasteiger partial charge in [-0.2, -0.15) is 0 Å². The van der Waals surface area contributed by atoms with Gasteiger partial charge in [0.25, 0.3) is 5.90 Å². The first-order valence-corrected chi connectivity index (χ1v) is 9.06. The van der Waals surface area contributed by atoms with Crippen LogP contribution in [0.5, 0.6) is 11.5 Å². The van der Waals surface area contributed by atoms with Crippen molar-refractivity contribution >= 4 is 17.9 Å². The molecule has 0 fully saturated rings. The Labute approximate surface area is 168 Å². The zero-order valence-electron chi connectivity index (χ0n) is 16.0. The Morgan fingerprint density at radius 3 is 2.69 bits per heavy atom. The van der Waals surface area contributed by atoms with Crippen LogP contribution >= 0.6 is 0 Å². The fraction of sp³-hybridized carbons (Fsp3) is 0.130. The molecule has 1 aromatic heterocycles. The van der Waals surface area contributed by atoms with Crippen molar-refractivity contribution in [1.29, 1.82) is 0 Å². The third-order valence-corrected chi connectivity index (χ3v) is 4.49. The highest BCUT2D eigenvalue weighted by Gasteiger charge is 2.25. The number of furan rings is 1. The van der Waals surface area contributed by atoms with E-state index in [4.69, 9.17) is 18.6 Å². The van der Waals surface area contributed by atoms with Crippen LogP contribution in [-0.2, 0) is 16.1 Å². The molecule has 6 nitrogen and oxygen atoms in total. The topological polar surface area (TPSA) is 70.3 Å². The van der Waals surface area contributed by atoms with Crippen LogP contribution in [0, 0.1) is 6.92 Å². The summed E-state index contributed by atoms with van der Waals surface area (Å²) in [6.07, 6.45) is 3.12. The average Bonchev–Trinajstić information content (AvgIpc) is 3.38. The molecule has 2 heterocycles. The third-order valence-electron chi connectivity index (χ3n) is 4.49. The second-order valence-corrected chi connectivity index (χ2v) is 6.44. The zero-order chi connectivity index (χ0) is 20.2. The van der Waals surface area contributed by atoms with Gasteiger partial charge in [-0.25, -0.2) is 9.79 Å². The van der Waals surface area contributed by atoms with Gasteiger partial charge in [0.15, 0.2) is 23.0 Å². The standard InChI is InChI=1S/C23H19NO5/c1-15-6-3-4-7-17(15)14-28-19-10-9-16(13-21(19)26-2)12-18-23(25)29-22(24-18)20-8-5-11-27-20/h3-13H,14H2,1-2H3/b18-12-. The molecule has 4 rings (SSSR count). The summed E-state index contributed by atoms with van der Waals surface area (Å²) < 4.78 is 21.8. The SMILES string of the molecule is COc1cc(/C=C2\N=C(c3ccco3)OC2=O)ccc1OCc1ccccc1C. The Hall–Kier alpha value is -3.80. The lowest BCUT2D eigenvalue weighted by atomic mass is 10.1. The number of ether oxygens (including phenoxy) is 3. The van der Waals surface area contributed by atoms with Crippen LogP contribution in [0.1, 0.15) is 22.5 Å². The normalized spacial score (nSPS) is 14.6. The molecule has 0 aliphatic carbocycles. The number of carbonyl (C=O) groups is 1. The molecule has 0 radical (unpaired) electrons. The van der Waals surface area contributed by atoms with Crippen molar-refractivity contribution in [3.05, 3.63) is 89.0 Å². The van der Waals surface area contributed by atoms with E-state index in [9.17, 15) is 4.79 Å². The van der Waals surface area contributed by atoms with Crippen molar-refractivity contribution in [2.24, 2.45) is 4.99 Å². The van der Waals surface area contributed by atoms with Crippen molar-refractivity contribution in [3.63, 3.8) is 0 Å². The summed E-state index contributed by atoms with van der Waals surface area (Å²) in [7, 11) is 1.57. The Kier molecular flexibility index (Phi) is 5.16. The van der Waals surface area contributed by atoms with Gasteiger partial charge in [-0.15, -0.1) is 0 Å². The number of nitrogens with zero attached hydrogens (tertiary/aromatic N) is 1. The second kappa shape index (κ2) is 8.06. The largest absolute Gasteiger partial charge is 0.493 e. The molecule has 1 aliphatic rings. The first-order valence-electron chi connectivity index (χ1n) is 9.06. The Balaban J connectivity index is 1.54. The molecular formula is C23H19NO5. The lowest BCUT2D eigenvalue weighted by Crippen LogP contribution is -2.04. The monoisotopic (exact) mass is 389 g/mol. The van der Waals surface area contributed by atoms with Crippen LogP contribution < -0.4 is 9.47 Å². The maximum Gasteiger partial charge on any atom is 0.363 e. The van der Waals surface area contributed by atoms with E-state index in [-0.39, 0.29) is 11.6 Å². The molecular weight excluding hydrogens is 370 g/mol. The summed E-state index contributed by atoms with van der Waals surface area (Å²) in [5.41, 5.74) is 3.19. The summed E-state index contributed by atoms with van der Waals surface area (Å²) in [6, 6.07) is 16.9. The van der Waals surface area contributed by atoms with Gasteiger partial charge in [0.05, 0.1) is 13.4 Å². The zero-order valence-corrected chi connectivity index (χ0v) is 16.0. The number of aliphatic imine (C=N–C) groups is 1. The molecule has 0 saturated carbocycles. The van der Waals surface area contributed by atoms with E-state index in [1.54, 1.807) is 37.5 Å². The summed E-state index contributed by atoms with van der Waals surface area (Å²) in [5.74, 6) is 1.20. The van der Waals surface area contributed by atoms with Gasteiger partial charge in [-0.05, 0) is 54.0 Å². The number of hydrogen-bond acceptors (Lipinski definition) is 6. The molecule has 1 aliphatic heterocycles. The molecule has 0 amide bonds. The van der Waals surface area contributed by atoms with Gasteiger partial charge in [0, 0.05) is 0 Å². The maximum atomic E-state index is 12.1. The molecule has 146 valence electrons. The van der Waals surface area contributed by atoms with E-state index in [0.717, 1.165) is 16.7 Å². The van der Waals surface area contributed by atoms with Crippen molar-refractivity contribution in [2.75, 3.05) is 7.11 Å². The minimum atomic E-state index is -0.532. The maximum absolute atomic E-state index is 12.1. The molecule has 6 heteroatoms. The number of cyclic esters (lactones) is 1. The number of esters is 1. The van der Waals surface area contributed by atoms with Crippen LogP contribution in [0.15, 0.2) is 76.0 Å². The van der Waals surface area contributed by atoms with Gasteiger partial charge in [-0.1, -0.05) is 30.3 Å². The number of benzene rings is 2. The van der Waals surface area contributed by atoms with Gasteiger partial charge in [-0.3, -0.25) is 0 Å². The minimum absolute atomic E-state index is 0.149. The first kappa shape index (κ1) is 18.6. The highest BCUT2D eigenvalue weighted by atomic mass is 16.6. The minimum Gasteiger partial charge on any atom is -0.493 e. The predicted molar refractivity (Wildman–Crippen MR) is 108 cm³/mol. The number of aryl methyl sites for hydroxylation is 1. The Morgan fingerprint density at radius 1 is 1.07 bits per heavy atom. The van der Waals surface area contributed by atoms with Gasteiger partial charge >= 0.3 is 5.97 Å². The van der Waals surface area contributed by atoms with E-state index in [0.29, 0.717) is 23.9 Å². The third kappa shape index (κ3) is 4.06. The van der Waals surface area contributed by atoms with Crippen molar-refractivity contribution < 1.29 is 23.4 Å². The summed E-state index contributed by atoms with van der Waals surface area (Å²) in [5, 5.41) is 0. The van der Waals surface area contributed by atoms with Crippen LogP contribution in [0.25, 0.3) is 6.08 Å². The van der Waals surface area contributed by atoms with E-state index >= 15 is 0 Å². The van der Waals surface area contributed by atoms with E-state index in [2.05, 4.69) is 4.99 Å². The summed E-state index contributed by atoms with van der Waals surface area (Å²) in [4.78, 5) is 16.3. The smallest absolute Gasteiger partial charge is 0.363 e. The van der Waals surface area contributed by atoms with E-state index in [1.165, 1.54) is 6.26 Å². The van der Waals surface area contributed by atoms with E-state index in [1.807, 2.05) is 37.3 Å². The summed E-state index contributed by atoms with van der Waals surface area (Å²) in [6.45, 7) is 2.48. The highest BCUT2D eigenvalue weighted by Crippen LogP contribution is 2.30. The number of carbonyl (C=O) groups excluding carboxylic acids is 1. The molecule has 0 atom stereocenters. The van der Waals surface area contributed by atoms with Crippen molar-refractivity contribution in [2.45, 2.75) is 13.5 Å². The van der Waals surface area contributed by atoms with Crippen molar-refractivity contribution in [1.82, 2.24) is 0 Å². The van der Waals surface area contributed by atoms with Crippen LogP contribution in [0.3, 0.4) is 0 Å². The molecule has 0 bridgehead atoms. The molecule has 0 saturated heterocycles.